The van der Waals surface area contributed by atoms with E-state index in [1.54, 1.807) is 7.11 Å². The van der Waals surface area contributed by atoms with Gasteiger partial charge in [-0.05, 0) is 12.5 Å². The van der Waals surface area contributed by atoms with Crippen LogP contribution >= 0.6 is 0 Å². The highest BCUT2D eigenvalue weighted by molar-refractivity contribution is 6.78. The van der Waals surface area contributed by atoms with Crippen LogP contribution in [-0.4, -0.2) is 25.5 Å². The van der Waals surface area contributed by atoms with Crippen LogP contribution in [0.3, 0.4) is 0 Å². The number of ether oxygens (including phenoxy) is 1. The molecular formula is C14H24O2Si. The van der Waals surface area contributed by atoms with E-state index in [4.69, 9.17) is 4.74 Å². The van der Waals surface area contributed by atoms with Gasteiger partial charge in [-0.3, -0.25) is 0 Å². The highest BCUT2D eigenvalue weighted by Gasteiger charge is 2.39. The standard InChI is InChI=1S/C14H24O2Si/c1-14(15,17(3,4)5)11-13(16-2)12-9-7-6-8-10-12/h6-10,13,15H,11H2,1-5H3/t13?,14-/m1/s1. The molecule has 0 bridgehead atoms. The van der Waals surface area contributed by atoms with Crippen LogP contribution in [-0.2, 0) is 4.74 Å². The van der Waals surface area contributed by atoms with E-state index in [1.165, 1.54) is 0 Å². The molecule has 0 saturated carbocycles. The monoisotopic (exact) mass is 252 g/mol. The Bertz CT molecular complexity index is 341. The second-order valence-corrected chi connectivity index (χ2v) is 11.4. The Kier molecular flexibility index (Phi) is 4.53. The molecule has 1 N–H and O–H groups in total. The zero-order valence-electron chi connectivity index (χ0n) is 11.5. The molecule has 1 unspecified atom stereocenters. The van der Waals surface area contributed by atoms with Gasteiger partial charge < -0.3 is 9.84 Å². The Morgan fingerprint density at radius 1 is 1.24 bits per heavy atom. The number of benzene rings is 1. The third-order valence-electron chi connectivity index (χ3n) is 3.65. The van der Waals surface area contributed by atoms with Crippen molar-refractivity contribution in [2.45, 2.75) is 44.3 Å². The van der Waals surface area contributed by atoms with Crippen LogP contribution in [0.2, 0.25) is 19.6 Å². The molecule has 0 aliphatic heterocycles. The summed E-state index contributed by atoms with van der Waals surface area (Å²) in [6.45, 7) is 8.49. The second kappa shape index (κ2) is 5.34. The van der Waals surface area contributed by atoms with Crippen molar-refractivity contribution in [3.8, 4) is 0 Å². The molecule has 0 heterocycles. The smallest absolute Gasteiger partial charge is 0.0845 e. The molecule has 17 heavy (non-hydrogen) atoms. The van der Waals surface area contributed by atoms with E-state index in [9.17, 15) is 5.11 Å². The van der Waals surface area contributed by atoms with Crippen LogP contribution in [0.15, 0.2) is 30.3 Å². The maximum Gasteiger partial charge on any atom is 0.0845 e. The molecular weight excluding hydrogens is 228 g/mol. The molecule has 0 aliphatic rings. The highest BCUT2D eigenvalue weighted by Crippen LogP contribution is 2.32. The normalized spacial score (nSPS) is 17.5. The molecule has 1 aromatic rings. The van der Waals surface area contributed by atoms with Crippen LogP contribution in [0.5, 0.6) is 0 Å². The van der Waals surface area contributed by atoms with Gasteiger partial charge in [0.1, 0.15) is 0 Å². The molecule has 1 rings (SSSR count). The quantitative estimate of drug-likeness (QED) is 0.814. The minimum Gasteiger partial charge on any atom is -0.394 e. The lowest BCUT2D eigenvalue weighted by Crippen LogP contribution is -2.50. The second-order valence-electron chi connectivity index (χ2n) is 5.86. The Morgan fingerprint density at radius 2 is 1.76 bits per heavy atom. The number of methoxy groups -OCH3 is 1. The summed E-state index contributed by atoms with van der Waals surface area (Å²) >= 11 is 0. The summed E-state index contributed by atoms with van der Waals surface area (Å²) in [4.78, 5) is 0. The molecule has 2 nitrogen and oxygen atoms in total. The van der Waals surface area contributed by atoms with Gasteiger partial charge in [0.15, 0.2) is 0 Å². The van der Waals surface area contributed by atoms with Crippen LogP contribution in [0.4, 0.5) is 0 Å². The Labute approximate surface area is 106 Å². The summed E-state index contributed by atoms with van der Waals surface area (Å²) < 4.78 is 5.53. The Balaban J connectivity index is 2.85. The first-order valence-corrected chi connectivity index (χ1v) is 9.58. The van der Waals surface area contributed by atoms with Crippen molar-refractivity contribution in [3.05, 3.63) is 35.9 Å². The molecule has 0 saturated heterocycles. The lowest BCUT2D eigenvalue weighted by atomic mass is 10.0. The molecule has 0 radical (unpaired) electrons. The third-order valence-corrected chi connectivity index (χ3v) is 7.09. The molecule has 96 valence electrons. The van der Waals surface area contributed by atoms with Gasteiger partial charge in [-0.1, -0.05) is 50.0 Å². The largest absolute Gasteiger partial charge is 0.394 e. The molecule has 0 aliphatic carbocycles. The van der Waals surface area contributed by atoms with E-state index in [0.717, 1.165) is 5.56 Å². The van der Waals surface area contributed by atoms with Crippen LogP contribution in [0, 0.1) is 0 Å². The Morgan fingerprint density at radius 3 is 2.18 bits per heavy atom. The number of hydrogen-bond acceptors (Lipinski definition) is 2. The van der Waals surface area contributed by atoms with Gasteiger partial charge in [0, 0.05) is 13.5 Å². The SMILES string of the molecule is COC(C[C@](C)(O)[Si](C)(C)C)c1ccccc1. The van der Waals surface area contributed by atoms with E-state index in [-0.39, 0.29) is 6.10 Å². The summed E-state index contributed by atoms with van der Waals surface area (Å²) in [5.74, 6) is 0. The third kappa shape index (κ3) is 3.66. The predicted molar refractivity (Wildman–Crippen MR) is 74.8 cm³/mol. The molecule has 0 amide bonds. The topological polar surface area (TPSA) is 29.5 Å². The van der Waals surface area contributed by atoms with Crippen LogP contribution in [0.25, 0.3) is 0 Å². The average molecular weight is 252 g/mol. The molecule has 3 heteroatoms. The van der Waals surface area contributed by atoms with E-state index >= 15 is 0 Å². The van der Waals surface area contributed by atoms with Gasteiger partial charge in [-0.2, -0.15) is 0 Å². The van der Waals surface area contributed by atoms with Crippen molar-refractivity contribution in [1.29, 1.82) is 0 Å². The maximum absolute atomic E-state index is 10.6. The average Bonchev–Trinajstić information content (AvgIpc) is 2.25. The lowest BCUT2D eigenvalue weighted by Gasteiger charge is -2.38. The maximum atomic E-state index is 10.6. The highest BCUT2D eigenvalue weighted by atomic mass is 28.3. The van der Waals surface area contributed by atoms with Gasteiger partial charge in [0.05, 0.1) is 19.4 Å². The van der Waals surface area contributed by atoms with Crippen molar-refractivity contribution >= 4 is 8.07 Å². The van der Waals surface area contributed by atoms with E-state index in [0.29, 0.717) is 6.42 Å². The van der Waals surface area contributed by atoms with Gasteiger partial charge in [0.25, 0.3) is 0 Å². The van der Waals surface area contributed by atoms with Crippen LogP contribution in [0.1, 0.15) is 25.0 Å². The molecule has 2 atom stereocenters. The van der Waals surface area contributed by atoms with Gasteiger partial charge >= 0.3 is 0 Å². The fourth-order valence-electron chi connectivity index (χ4n) is 1.67. The lowest BCUT2D eigenvalue weighted by molar-refractivity contribution is 0.0269. The summed E-state index contributed by atoms with van der Waals surface area (Å²) in [5.41, 5.74) is 1.13. The summed E-state index contributed by atoms with van der Waals surface area (Å²) in [7, 11) is 0.0851. The van der Waals surface area contributed by atoms with Gasteiger partial charge in [-0.15, -0.1) is 0 Å². The van der Waals surface area contributed by atoms with Crippen molar-refractivity contribution in [3.63, 3.8) is 0 Å². The van der Waals surface area contributed by atoms with Crippen LogP contribution < -0.4 is 0 Å². The molecule has 0 fully saturated rings. The predicted octanol–water partition coefficient (Wildman–Crippen LogP) is 3.39. The zero-order chi connectivity index (χ0) is 13.1. The number of rotatable bonds is 5. The molecule has 0 aromatic heterocycles. The van der Waals surface area contributed by atoms with E-state index < -0.39 is 13.3 Å². The first-order chi connectivity index (χ1) is 7.78. The minimum atomic E-state index is -1.62. The number of aliphatic hydroxyl groups is 1. The molecule has 0 spiro atoms. The first kappa shape index (κ1) is 14.4. The van der Waals surface area contributed by atoms with Crippen molar-refractivity contribution in [2.75, 3.05) is 7.11 Å². The summed E-state index contributed by atoms with van der Waals surface area (Å²) in [6.07, 6.45) is 0.626. The first-order valence-electron chi connectivity index (χ1n) is 6.08. The van der Waals surface area contributed by atoms with Crippen molar-refractivity contribution < 1.29 is 9.84 Å². The molecule has 1 aromatic carbocycles. The van der Waals surface area contributed by atoms with E-state index in [2.05, 4.69) is 31.8 Å². The van der Waals surface area contributed by atoms with Gasteiger partial charge in [-0.25, -0.2) is 0 Å². The fourth-order valence-corrected chi connectivity index (χ4v) is 2.47. The fraction of sp³-hybridized carbons (Fsp3) is 0.571. The van der Waals surface area contributed by atoms with Crippen molar-refractivity contribution in [1.82, 2.24) is 0 Å². The Hall–Kier alpha value is -0.643. The van der Waals surface area contributed by atoms with E-state index in [1.807, 2.05) is 25.1 Å². The van der Waals surface area contributed by atoms with Crippen molar-refractivity contribution in [2.24, 2.45) is 0 Å². The number of hydrogen-bond donors (Lipinski definition) is 1. The zero-order valence-corrected chi connectivity index (χ0v) is 12.5. The van der Waals surface area contributed by atoms with Gasteiger partial charge in [0.2, 0.25) is 0 Å². The summed E-state index contributed by atoms with van der Waals surface area (Å²) in [5, 5.41) is 9.97. The minimum absolute atomic E-state index is 0.0297. The summed E-state index contributed by atoms with van der Waals surface area (Å²) in [6, 6.07) is 10.1.